The molecule has 0 aromatic heterocycles. The molecular formula is C13H14O4. The number of ketones is 1. The predicted octanol–water partition coefficient (Wildman–Crippen LogP) is 2.00. The first-order valence-electron chi connectivity index (χ1n) is 5.21. The summed E-state index contributed by atoms with van der Waals surface area (Å²) in [5, 5.41) is 0. The summed E-state index contributed by atoms with van der Waals surface area (Å²) in [7, 11) is 1.49. The molecule has 4 nitrogen and oxygen atoms in total. The van der Waals surface area contributed by atoms with Crippen LogP contribution in [0.2, 0.25) is 0 Å². The van der Waals surface area contributed by atoms with Crippen LogP contribution in [0.5, 0.6) is 5.75 Å². The van der Waals surface area contributed by atoms with Crippen molar-refractivity contribution in [2.75, 3.05) is 13.7 Å². The van der Waals surface area contributed by atoms with Crippen molar-refractivity contribution < 1.29 is 19.1 Å². The number of hydrogen-bond acceptors (Lipinski definition) is 4. The summed E-state index contributed by atoms with van der Waals surface area (Å²) in [5.41, 5.74) is 0.413. The Balaban J connectivity index is 2.79. The molecule has 1 aromatic rings. The first-order valence-corrected chi connectivity index (χ1v) is 5.21. The van der Waals surface area contributed by atoms with Crippen LogP contribution in [-0.4, -0.2) is 25.5 Å². The van der Waals surface area contributed by atoms with Gasteiger partial charge < -0.3 is 9.47 Å². The molecular weight excluding hydrogens is 220 g/mol. The highest BCUT2D eigenvalue weighted by molar-refractivity contribution is 6.08. The van der Waals surface area contributed by atoms with Crippen LogP contribution in [0, 0.1) is 0 Å². The molecule has 0 atom stereocenters. The Hall–Kier alpha value is -2.10. The fourth-order valence-electron chi connectivity index (χ4n) is 1.27. The van der Waals surface area contributed by atoms with Crippen LogP contribution >= 0.6 is 0 Å². The van der Waals surface area contributed by atoms with Gasteiger partial charge in [0.25, 0.3) is 0 Å². The zero-order valence-electron chi connectivity index (χ0n) is 9.80. The number of methoxy groups -OCH3 is 1. The van der Waals surface area contributed by atoms with Gasteiger partial charge in [0.1, 0.15) is 5.75 Å². The molecule has 1 rings (SSSR count). The lowest BCUT2D eigenvalue weighted by molar-refractivity contribution is -0.137. The van der Waals surface area contributed by atoms with Gasteiger partial charge in [-0.1, -0.05) is 12.1 Å². The van der Waals surface area contributed by atoms with E-state index in [1.807, 2.05) is 0 Å². The van der Waals surface area contributed by atoms with E-state index in [0.717, 1.165) is 6.08 Å². The third kappa shape index (κ3) is 3.75. The van der Waals surface area contributed by atoms with Gasteiger partial charge in [0.2, 0.25) is 0 Å². The monoisotopic (exact) mass is 234 g/mol. The Bertz CT molecular complexity index is 435. The fraction of sp³-hybridized carbons (Fsp3) is 0.231. The van der Waals surface area contributed by atoms with Gasteiger partial charge in [0.05, 0.1) is 19.3 Å². The minimum absolute atomic E-state index is 0.284. The van der Waals surface area contributed by atoms with Crippen LogP contribution in [0.4, 0.5) is 0 Å². The molecule has 0 bridgehead atoms. The lowest BCUT2D eigenvalue weighted by Gasteiger charge is -2.04. The van der Waals surface area contributed by atoms with E-state index in [0.29, 0.717) is 11.3 Å². The lowest BCUT2D eigenvalue weighted by Crippen LogP contribution is -2.02. The third-order valence-electron chi connectivity index (χ3n) is 2.03. The smallest absolute Gasteiger partial charge is 0.330 e. The van der Waals surface area contributed by atoms with Gasteiger partial charge >= 0.3 is 5.97 Å². The summed E-state index contributed by atoms with van der Waals surface area (Å²) in [6, 6.07) is 6.82. The number of hydrogen-bond donors (Lipinski definition) is 0. The number of esters is 1. The molecule has 0 aliphatic heterocycles. The van der Waals surface area contributed by atoms with Gasteiger partial charge in [-0.05, 0) is 25.1 Å². The molecule has 90 valence electrons. The molecule has 0 aliphatic rings. The van der Waals surface area contributed by atoms with E-state index in [1.165, 1.54) is 13.2 Å². The average Bonchev–Trinajstić information content (AvgIpc) is 2.36. The summed E-state index contributed by atoms with van der Waals surface area (Å²) in [4.78, 5) is 22.8. The number of carbonyl (C=O) groups is 2. The molecule has 4 heteroatoms. The van der Waals surface area contributed by atoms with Crippen LogP contribution in [0.25, 0.3) is 0 Å². The Morgan fingerprint density at radius 1 is 1.24 bits per heavy atom. The first kappa shape index (κ1) is 13.0. The van der Waals surface area contributed by atoms with Crippen molar-refractivity contribution in [2.45, 2.75) is 6.92 Å². The van der Waals surface area contributed by atoms with E-state index in [9.17, 15) is 9.59 Å². The molecule has 0 saturated carbocycles. The fourth-order valence-corrected chi connectivity index (χ4v) is 1.27. The number of carbonyl (C=O) groups excluding carboxylic acids is 2. The normalized spacial score (nSPS) is 10.2. The Kier molecular flexibility index (Phi) is 4.94. The van der Waals surface area contributed by atoms with E-state index in [4.69, 9.17) is 4.74 Å². The van der Waals surface area contributed by atoms with E-state index in [1.54, 1.807) is 31.2 Å². The van der Waals surface area contributed by atoms with Crippen LogP contribution in [0.15, 0.2) is 36.4 Å². The molecule has 0 fully saturated rings. The van der Waals surface area contributed by atoms with Crippen LogP contribution in [0.3, 0.4) is 0 Å². The van der Waals surface area contributed by atoms with Crippen molar-refractivity contribution in [3.05, 3.63) is 42.0 Å². The topological polar surface area (TPSA) is 52.6 Å². The molecule has 0 spiro atoms. The largest absolute Gasteiger partial charge is 0.496 e. The maximum absolute atomic E-state index is 11.8. The summed E-state index contributed by atoms with van der Waals surface area (Å²) in [5.74, 6) is -0.350. The highest BCUT2D eigenvalue weighted by Gasteiger charge is 2.08. The molecule has 1 aromatic carbocycles. The van der Waals surface area contributed by atoms with Gasteiger partial charge in [-0.2, -0.15) is 0 Å². The second-order valence-electron chi connectivity index (χ2n) is 3.15. The number of ether oxygens (including phenoxy) is 2. The summed E-state index contributed by atoms with van der Waals surface area (Å²) < 4.78 is 9.73. The zero-order valence-corrected chi connectivity index (χ0v) is 9.80. The molecule has 0 saturated heterocycles. The van der Waals surface area contributed by atoms with Gasteiger partial charge in [0.15, 0.2) is 5.78 Å². The minimum Gasteiger partial charge on any atom is -0.496 e. The van der Waals surface area contributed by atoms with Gasteiger partial charge in [-0.25, -0.2) is 4.79 Å². The summed E-state index contributed by atoms with van der Waals surface area (Å²) in [6.07, 6.45) is 2.29. The maximum Gasteiger partial charge on any atom is 0.330 e. The van der Waals surface area contributed by atoms with Crippen LogP contribution < -0.4 is 4.74 Å². The standard InChI is InChI=1S/C13H14O4/c1-3-17-13(15)9-8-11(14)10-6-4-5-7-12(10)16-2/h4-9H,3H2,1-2H3/b9-8+. The minimum atomic E-state index is -0.532. The molecule has 17 heavy (non-hydrogen) atoms. The molecule has 0 radical (unpaired) electrons. The maximum atomic E-state index is 11.8. The van der Waals surface area contributed by atoms with Crippen molar-refractivity contribution in [1.29, 1.82) is 0 Å². The van der Waals surface area contributed by atoms with Crippen LogP contribution in [-0.2, 0) is 9.53 Å². The van der Waals surface area contributed by atoms with E-state index in [2.05, 4.69) is 4.74 Å². The number of benzene rings is 1. The van der Waals surface area contributed by atoms with Crippen molar-refractivity contribution in [3.8, 4) is 5.75 Å². The Morgan fingerprint density at radius 3 is 2.59 bits per heavy atom. The predicted molar refractivity (Wildman–Crippen MR) is 63.1 cm³/mol. The zero-order chi connectivity index (χ0) is 12.7. The molecule has 0 heterocycles. The highest BCUT2D eigenvalue weighted by atomic mass is 16.5. The number of rotatable bonds is 5. The molecule has 0 aliphatic carbocycles. The second kappa shape index (κ2) is 6.48. The summed E-state index contributed by atoms with van der Waals surface area (Å²) >= 11 is 0. The summed E-state index contributed by atoms with van der Waals surface area (Å²) in [6.45, 7) is 1.99. The highest BCUT2D eigenvalue weighted by Crippen LogP contribution is 2.17. The molecule has 0 unspecified atom stereocenters. The first-order chi connectivity index (χ1) is 8.19. The lowest BCUT2D eigenvalue weighted by atomic mass is 10.1. The van der Waals surface area contributed by atoms with Crippen molar-refractivity contribution in [1.82, 2.24) is 0 Å². The van der Waals surface area contributed by atoms with Gasteiger partial charge in [-0.3, -0.25) is 4.79 Å². The quantitative estimate of drug-likeness (QED) is 0.444. The molecule has 0 amide bonds. The van der Waals surface area contributed by atoms with Gasteiger partial charge in [-0.15, -0.1) is 0 Å². The van der Waals surface area contributed by atoms with E-state index < -0.39 is 5.97 Å². The van der Waals surface area contributed by atoms with E-state index >= 15 is 0 Å². The SMILES string of the molecule is CCOC(=O)/C=C/C(=O)c1ccccc1OC. The Morgan fingerprint density at radius 2 is 1.94 bits per heavy atom. The Labute approximate surface area is 99.8 Å². The second-order valence-corrected chi connectivity index (χ2v) is 3.15. The van der Waals surface area contributed by atoms with Crippen molar-refractivity contribution in [3.63, 3.8) is 0 Å². The van der Waals surface area contributed by atoms with Crippen molar-refractivity contribution >= 4 is 11.8 Å². The molecule has 0 N–H and O–H groups in total. The average molecular weight is 234 g/mol. The van der Waals surface area contributed by atoms with Crippen LogP contribution in [0.1, 0.15) is 17.3 Å². The number of para-hydroxylation sites is 1. The van der Waals surface area contributed by atoms with Crippen molar-refractivity contribution in [2.24, 2.45) is 0 Å². The van der Waals surface area contributed by atoms with E-state index in [-0.39, 0.29) is 12.4 Å². The van der Waals surface area contributed by atoms with Gasteiger partial charge in [0, 0.05) is 6.08 Å². The number of allylic oxidation sites excluding steroid dienone is 1. The third-order valence-corrected chi connectivity index (χ3v) is 2.03.